The number of hydrogen-bond acceptors (Lipinski definition) is 2. The first kappa shape index (κ1) is 16.7. The quantitative estimate of drug-likeness (QED) is 0.753. The molecule has 136 valence electrons. The number of fused-ring (bicyclic) bond motifs is 3. The molecule has 0 bridgehead atoms. The third kappa shape index (κ3) is 2.96. The number of amides is 2. The summed E-state index contributed by atoms with van der Waals surface area (Å²) in [5.74, 6) is 0.617. The molecular weight excluding hydrogens is 326 g/mol. The van der Waals surface area contributed by atoms with Crippen molar-refractivity contribution < 1.29 is 4.79 Å². The van der Waals surface area contributed by atoms with Crippen molar-refractivity contribution >= 4 is 22.8 Å². The van der Waals surface area contributed by atoms with E-state index in [0.717, 1.165) is 25.2 Å². The van der Waals surface area contributed by atoms with Crippen molar-refractivity contribution in [2.75, 3.05) is 11.9 Å². The third-order valence-corrected chi connectivity index (χ3v) is 4.99. The predicted molar refractivity (Wildman–Crippen MR) is 103 cm³/mol. The highest BCUT2D eigenvalue weighted by molar-refractivity contribution is 5.88. The number of nitrogens with zero attached hydrogens (tertiary/aromatic N) is 4. The number of rotatable bonds is 2. The van der Waals surface area contributed by atoms with Crippen molar-refractivity contribution in [3.8, 4) is 0 Å². The van der Waals surface area contributed by atoms with E-state index in [-0.39, 0.29) is 12.1 Å². The Hall–Kier alpha value is -2.76. The van der Waals surface area contributed by atoms with Gasteiger partial charge in [0.15, 0.2) is 5.82 Å². The molecule has 26 heavy (non-hydrogen) atoms. The van der Waals surface area contributed by atoms with Gasteiger partial charge in [-0.3, -0.25) is 10.00 Å². The van der Waals surface area contributed by atoms with E-state index >= 15 is 0 Å². The average Bonchev–Trinajstić information content (AvgIpc) is 3.06. The van der Waals surface area contributed by atoms with Crippen molar-refractivity contribution in [2.45, 2.75) is 46.3 Å². The fourth-order valence-corrected chi connectivity index (χ4v) is 3.79. The topological polar surface area (TPSA) is 55.1 Å². The van der Waals surface area contributed by atoms with Crippen LogP contribution in [0.15, 0.2) is 36.4 Å². The molecule has 1 N–H and O–H groups in total. The van der Waals surface area contributed by atoms with Gasteiger partial charge in [-0.25, -0.2) is 4.79 Å². The van der Waals surface area contributed by atoms with Crippen LogP contribution in [0, 0.1) is 6.92 Å². The monoisotopic (exact) mass is 351 g/mol. The lowest BCUT2D eigenvalue weighted by Crippen LogP contribution is -2.34. The van der Waals surface area contributed by atoms with E-state index in [1.165, 1.54) is 16.6 Å². The van der Waals surface area contributed by atoms with Gasteiger partial charge < -0.3 is 9.47 Å². The van der Waals surface area contributed by atoms with Crippen LogP contribution >= 0.6 is 0 Å². The standard InChI is InChI=1S/C20H25N5O/c1-14(2)25-15(3)11-19(22-25)21-20(26)23-9-6-10-24-17(13-23)12-16-7-4-5-8-18(16)24/h4-5,7-8,11-12,14H,6,9-10,13H2,1-3H3,(H,21,22,26). The van der Waals surface area contributed by atoms with E-state index in [2.05, 4.69) is 59.2 Å². The number of benzene rings is 1. The molecule has 4 rings (SSSR count). The van der Waals surface area contributed by atoms with Gasteiger partial charge in [0.2, 0.25) is 0 Å². The molecule has 1 aliphatic rings. The molecule has 3 heterocycles. The fraction of sp³-hybridized carbons (Fsp3) is 0.400. The van der Waals surface area contributed by atoms with Crippen LogP contribution in [-0.2, 0) is 13.1 Å². The summed E-state index contributed by atoms with van der Waals surface area (Å²) in [6, 6.07) is 12.7. The molecule has 3 aromatic rings. The van der Waals surface area contributed by atoms with Gasteiger partial charge in [0, 0.05) is 42.1 Å². The third-order valence-electron chi connectivity index (χ3n) is 4.99. The Bertz CT molecular complexity index is 952. The minimum atomic E-state index is -0.0860. The number of anilines is 1. The number of carbonyl (C=O) groups excluding carboxylic acids is 1. The van der Waals surface area contributed by atoms with Crippen LogP contribution in [0.2, 0.25) is 0 Å². The largest absolute Gasteiger partial charge is 0.343 e. The Balaban J connectivity index is 1.54. The molecule has 0 atom stereocenters. The van der Waals surface area contributed by atoms with Crippen molar-refractivity contribution in [3.05, 3.63) is 47.8 Å². The zero-order chi connectivity index (χ0) is 18.3. The van der Waals surface area contributed by atoms with Crippen molar-refractivity contribution in [1.82, 2.24) is 19.2 Å². The summed E-state index contributed by atoms with van der Waals surface area (Å²) in [5, 5.41) is 8.70. The number of aryl methyl sites for hydroxylation is 2. The summed E-state index contributed by atoms with van der Waals surface area (Å²) >= 11 is 0. The molecule has 2 aromatic heterocycles. The van der Waals surface area contributed by atoms with Gasteiger partial charge in [-0.2, -0.15) is 5.10 Å². The maximum Gasteiger partial charge on any atom is 0.323 e. The van der Waals surface area contributed by atoms with E-state index in [1.807, 2.05) is 22.6 Å². The van der Waals surface area contributed by atoms with E-state index in [1.54, 1.807) is 0 Å². The number of carbonyl (C=O) groups is 1. The Kier molecular flexibility index (Phi) is 4.18. The zero-order valence-electron chi connectivity index (χ0n) is 15.6. The molecule has 2 amide bonds. The fourth-order valence-electron chi connectivity index (χ4n) is 3.79. The molecule has 1 aliphatic heterocycles. The average molecular weight is 351 g/mol. The summed E-state index contributed by atoms with van der Waals surface area (Å²) in [7, 11) is 0. The molecule has 0 aliphatic carbocycles. The number of urea groups is 1. The van der Waals surface area contributed by atoms with Crippen LogP contribution in [0.3, 0.4) is 0 Å². The second-order valence-corrected chi connectivity index (χ2v) is 7.26. The Morgan fingerprint density at radius 1 is 1.19 bits per heavy atom. The van der Waals surface area contributed by atoms with Crippen LogP contribution in [0.1, 0.15) is 37.7 Å². The number of aromatic nitrogens is 3. The lowest BCUT2D eigenvalue weighted by atomic mass is 10.2. The Labute approximate surface area is 153 Å². The van der Waals surface area contributed by atoms with Gasteiger partial charge in [0.1, 0.15) is 0 Å². The van der Waals surface area contributed by atoms with Crippen molar-refractivity contribution in [3.63, 3.8) is 0 Å². The highest BCUT2D eigenvalue weighted by Crippen LogP contribution is 2.24. The first-order valence-corrected chi connectivity index (χ1v) is 9.22. The second-order valence-electron chi connectivity index (χ2n) is 7.26. The molecule has 6 heteroatoms. The summed E-state index contributed by atoms with van der Waals surface area (Å²) < 4.78 is 4.26. The summed E-state index contributed by atoms with van der Waals surface area (Å²) in [6.07, 6.45) is 0.943. The van der Waals surface area contributed by atoms with Crippen LogP contribution in [0.5, 0.6) is 0 Å². The van der Waals surface area contributed by atoms with Gasteiger partial charge in [0.25, 0.3) is 0 Å². The summed E-state index contributed by atoms with van der Waals surface area (Å²) in [5.41, 5.74) is 3.48. The highest BCUT2D eigenvalue weighted by Gasteiger charge is 2.21. The molecule has 0 radical (unpaired) electrons. The molecule has 0 spiro atoms. The zero-order valence-corrected chi connectivity index (χ0v) is 15.6. The smallest absolute Gasteiger partial charge is 0.323 e. The second kappa shape index (κ2) is 6.52. The summed E-state index contributed by atoms with van der Waals surface area (Å²) in [4.78, 5) is 14.7. The van der Waals surface area contributed by atoms with Gasteiger partial charge in [-0.05, 0) is 44.7 Å². The van der Waals surface area contributed by atoms with E-state index in [9.17, 15) is 4.79 Å². The first-order chi connectivity index (χ1) is 12.5. The molecular formula is C20H25N5O. The van der Waals surface area contributed by atoms with Crippen LogP contribution in [0.4, 0.5) is 10.6 Å². The van der Waals surface area contributed by atoms with Gasteiger partial charge >= 0.3 is 6.03 Å². The molecule has 1 aromatic carbocycles. The first-order valence-electron chi connectivity index (χ1n) is 9.22. The minimum Gasteiger partial charge on any atom is -0.343 e. The number of nitrogens with one attached hydrogen (secondary N) is 1. The van der Waals surface area contributed by atoms with Crippen LogP contribution in [-0.4, -0.2) is 31.8 Å². The van der Waals surface area contributed by atoms with Gasteiger partial charge in [-0.1, -0.05) is 18.2 Å². The van der Waals surface area contributed by atoms with E-state index in [0.29, 0.717) is 12.4 Å². The maximum atomic E-state index is 12.8. The molecule has 0 unspecified atom stereocenters. The number of para-hydroxylation sites is 1. The minimum absolute atomic E-state index is 0.0860. The SMILES string of the molecule is Cc1cc(NC(=O)N2CCCn3c(cc4ccccc43)C2)nn1C(C)C. The van der Waals surface area contributed by atoms with E-state index < -0.39 is 0 Å². The molecule has 6 nitrogen and oxygen atoms in total. The van der Waals surface area contributed by atoms with Gasteiger partial charge in [-0.15, -0.1) is 0 Å². The van der Waals surface area contributed by atoms with Crippen molar-refractivity contribution in [2.24, 2.45) is 0 Å². The summed E-state index contributed by atoms with van der Waals surface area (Å²) in [6.45, 7) is 8.47. The van der Waals surface area contributed by atoms with Crippen LogP contribution in [0.25, 0.3) is 10.9 Å². The van der Waals surface area contributed by atoms with Crippen molar-refractivity contribution in [1.29, 1.82) is 0 Å². The molecule has 0 saturated heterocycles. The van der Waals surface area contributed by atoms with E-state index in [4.69, 9.17) is 0 Å². The lowest BCUT2D eigenvalue weighted by Gasteiger charge is -2.20. The highest BCUT2D eigenvalue weighted by atomic mass is 16.2. The molecule has 0 saturated carbocycles. The normalized spacial score (nSPS) is 14.5. The molecule has 0 fully saturated rings. The maximum absolute atomic E-state index is 12.8. The lowest BCUT2D eigenvalue weighted by molar-refractivity contribution is 0.210. The Morgan fingerprint density at radius 2 is 2.00 bits per heavy atom. The Morgan fingerprint density at radius 3 is 2.77 bits per heavy atom. The van der Waals surface area contributed by atoms with Gasteiger partial charge in [0.05, 0.1) is 6.54 Å². The van der Waals surface area contributed by atoms with Crippen LogP contribution < -0.4 is 5.32 Å². The predicted octanol–water partition coefficient (Wildman–Crippen LogP) is 4.16. The number of hydrogen-bond donors (Lipinski definition) is 1.